The van der Waals surface area contributed by atoms with Crippen molar-refractivity contribution in [3.8, 4) is 0 Å². The Morgan fingerprint density at radius 3 is 2.67 bits per heavy atom. The van der Waals surface area contributed by atoms with Crippen molar-refractivity contribution in [2.75, 3.05) is 19.6 Å². The average molecular weight is 309 g/mol. The lowest BCUT2D eigenvalue weighted by atomic mass is 9.92. The molecule has 0 saturated carbocycles. The van der Waals surface area contributed by atoms with Crippen LogP contribution in [0.5, 0.6) is 0 Å². The van der Waals surface area contributed by atoms with Crippen molar-refractivity contribution in [1.82, 2.24) is 10.2 Å². The molecule has 0 bridgehead atoms. The summed E-state index contributed by atoms with van der Waals surface area (Å²) in [5, 5.41) is 3.51. The van der Waals surface area contributed by atoms with E-state index >= 15 is 0 Å². The van der Waals surface area contributed by atoms with Gasteiger partial charge >= 0.3 is 0 Å². The van der Waals surface area contributed by atoms with Crippen molar-refractivity contribution in [3.05, 3.63) is 21.4 Å². The minimum atomic E-state index is 0.989. The molecule has 1 aromatic heterocycles. The molecule has 1 fully saturated rings. The van der Waals surface area contributed by atoms with Gasteiger partial charge < -0.3 is 5.32 Å². The van der Waals surface area contributed by atoms with Crippen LogP contribution in [0, 0.1) is 12.8 Å². The van der Waals surface area contributed by atoms with Crippen molar-refractivity contribution >= 4 is 11.3 Å². The van der Waals surface area contributed by atoms with Crippen molar-refractivity contribution in [2.24, 2.45) is 5.92 Å². The predicted octanol–water partition coefficient (Wildman–Crippen LogP) is 4.57. The first-order valence-electron chi connectivity index (χ1n) is 8.74. The first kappa shape index (κ1) is 17.0. The van der Waals surface area contributed by atoms with Crippen LogP contribution in [0.2, 0.25) is 0 Å². The Labute approximate surface area is 134 Å². The Kier molecular flexibility index (Phi) is 7.21. The van der Waals surface area contributed by atoms with Gasteiger partial charge in [-0.1, -0.05) is 26.7 Å². The molecule has 1 aliphatic rings. The van der Waals surface area contributed by atoms with Crippen LogP contribution in [-0.2, 0) is 13.1 Å². The molecule has 0 radical (unpaired) electrons. The van der Waals surface area contributed by atoms with Crippen LogP contribution in [0.15, 0.2) is 6.07 Å². The van der Waals surface area contributed by atoms with E-state index in [4.69, 9.17) is 0 Å². The zero-order valence-corrected chi connectivity index (χ0v) is 14.9. The second-order valence-corrected chi connectivity index (χ2v) is 7.82. The van der Waals surface area contributed by atoms with E-state index in [1.54, 1.807) is 5.56 Å². The van der Waals surface area contributed by atoms with E-state index in [1.165, 1.54) is 54.9 Å². The molecule has 0 atom stereocenters. The Bertz CT molecular complexity index is 405. The standard InChI is InChI=1S/C18H32N2S/c1-4-6-16-7-10-20(11-8-16)14-17-12-18(21-15(17)3)13-19-9-5-2/h12,16,19H,4-11,13-14H2,1-3H3. The first-order chi connectivity index (χ1) is 10.2. The number of hydrogen-bond donors (Lipinski definition) is 1. The Hall–Kier alpha value is -0.380. The summed E-state index contributed by atoms with van der Waals surface area (Å²) >= 11 is 1.97. The van der Waals surface area contributed by atoms with Gasteiger partial charge in [-0.3, -0.25) is 4.90 Å². The topological polar surface area (TPSA) is 15.3 Å². The molecular weight excluding hydrogens is 276 g/mol. The van der Waals surface area contributed by atoms with E-state index in [0.29, 0.717) is 0 Å². The molecular formula is C18H32N2S. The highest BCUT2D eigenvalue weighted by atomic mass is 32.1. The summed E-state index contributed by atoms with van der Waals surface area (Å²) in [4.78, 5) is 5.67. The molecule has 1 saturated heterocycles. The molecule has 0 spiro atoms. The summed E-state index contributed by atoms with van der Waals surface area (Å²) in [6, 6.07) is 2.43. The number of aryl methyl sites for hydroxylation is 1. The molecule has 120 valence electrons. The van der Waals surface area contributed by atoms with Crippen LogP contribution in [0.3, 0.4) is 0 Å². The number of nitrogens with one attached hydrogen (secondary N) is 1. The zero-order valence-electron chi connectivity index (χ0n) is 14.1. The van der Waals surface area contributed by atoms with E-state index in [2.05, 4.69) is 37.1 Å². The highest BCUT2D eigenvalue weighted by molar-refractivity contribution is 7.12. The molecule has 2 nitrogen and oxygen atoms in total. The summed E-state index contributed by atoms with van der Waals surface area (Å²) in [5.41, 5.74) is 1.56. The van der Waals surface area contributed by atoms with Crippen LogP contribution >= 0.6 is 11.3 Å². The minimum absolute atomic E-state index is 0.989. The van der Waals surface area contributed by atoms with Gasteiger partial charge in [0.25, 0.3) is 0 Å². The molecule has 3 heteroatoms. The lowest BCUT2D eigenvalue weighted by molar-refractivity contribution is 0.172. The summed E-state index contributed by atoms with van der Waals surface area (Å²) in [7, 11) is 0. The molecule has 2 heterocycles. The monoisotopic (exact) mass is 308 g/mol. The van der Waals surface area contributed by atoms with E-state index in [9.17, 15) is 0 Å². The fourth-order valence-electron chi connectivity index (χ4n) is 3.30. The fraction of sp³-hybridized carbons (Fsp3) is 0.778. The maximum atomic E-state index is 3.51. The smallest absolute Gasteiger partial charge is 0.0299 e. The van der Waals surface area contributed by atoms with Gasteiger partial charge in [0.1, 0.15) is 0 Å². The van der Waals surface area contributed by atoms with Crippen LogP contribution in [0.25, 0.3) is 0 Å². The molecule has 1 N–H and O–H groups in total. The summed E-state index contributed by atoms with van der Waals surface area (Å²) < 4.78 is 0. The summed E-state index contributed by atoms with van der Waals surface area (Å²) in [6.07, 6.45) is 6.80. The van der Waals surface area contributed by atoms with Gasteiger partial charge in [-0.15, -0.1) is 11.3 Å². The van der Waals surface area contributed by atoms with E-state index in [1.807, 2.05) is 11.3 Å². The quantitative estimate of drug-likeness (QED) is 0.708. The Balaban J connectivity index is 1.80. The van der Waals surface area contributed by atoms with Crippen molar-refractivity contribution in [2.45, 2.75) is 66.0 Å². The SMILES string of the molecule is CCCNCc1cc(CN2CCC(CCC)CC2)c(C)s1. The van der Waals surface area contributed by atoms with Gasteiger partial charge in [0.2, 0.25) is 0 Å². The highest BCUT2D eigenvalue weighted by Gasteiger charge is 2.19. The lowest BCUT2D eigenvalue weighted by Gasteiger charge is -2.31. The number of nitrogens with zero attached hydrogens (tertiary/aromatic N) is 1. The predicted molar refractivity (Wildman–Crippen MR) is 94.0 cm³/mol. The third-order valence-electron chi connectivity index (χ3n) is 4.60. The lowest BCUT2D eigenvalue weighted by Crippen LogP contribution is -2.33. The van der Waals surface area contributed by atoms with Gasteiger partial charge in [0, 0.05) is 22.8 Å². The fourth-order valence-corrected chi connectivity index (χ4v) is 4.33. The van der Waals surface area contributed by atoms with Crippen LogP contribution < -0.4 is 5.32 Å². The maximum absolute atomic E-state index is 3.51. The molecule has 2 rings (SSSR count). The van der Waals surface area contributed by atoms with Gasteiger partial charge in [-0.25, -0.2) is 0 Å². The van der Waals surface area contributed by atoms with Crippen molar-refractivity contribution < 1.29 is 0 Å². The summed E-state index contributed by atoms with van der Waals surface area (Å²) in [6.45, 7) is 12.7. The third-order valence-corrected chi connectivity index (χ3v) is 5.69. The number of piperidine rings is 1. The number of thiophene rings is 1. The Morgan fingerprint density at radius 2 is 2.00 bits per heavy atom. The minimum Gasteiger partial charge on any atom is -0.312 e. The van der Waals surface area contributed by atoms with Gasteiger partial charge in [0.05, 0.1) is 0 Å². The molecule has 0 aliphatic carbocycles. The molecule has 1 aliphatic heterocycles. The van der Waals surface area contributed by atoms with Gasteiger partial charge in [-0.2, -0.15) is 0 Å². The largest absolute Gasteiger partial charge is 0.312 e. The van der Waals surface area contributed by atoms with Crippen LogP contribution in [0.4, 0.5) is 0 Å². The summed E-state index contributed by atoms with van der Waals surface area (Å²) in [5.74, 6) is 0.989. The van der Waals surface area contributed by atoms with Crippen LogP contribution in [0.1, 0.15) is 61.3 Å². The number of rotatable bonds is 8. The second-order valence-electron chi connectivity index (χ2n) is 6.48. The average Bonchev–Trinajstić information content (AvgIpc) is 2.82. The van der Waals surface area contributed by atoms with Crippen LogP contribution in [-0.4, -0.2) is 24.5 Å². The Morgan fingerprint density at radius 1 is 1.24 bits per heavy atom. The van der Waals surface area contributed by atoms with Gasteiger partial charge in [0.15, 0.2) is 0 Å². The third kappa shape index (κ3) is 5.39. The van der Waals surface area contributed by atoms with E-state index in [-0.39, 0.29) is 0 Å². The molecule has 21 heavy (non-hydrogen) atoms. The second kappa shape index (κ2) is 8.92. The molecule has 0 aromatic carbocycles. The number of likely N-dealkylation sites (tertiary alicyclic amines) is 1. The molecule has 0 unspecified atom stereocenters. The highest BCUT2D eigenvalue weighted by Crippen LogP contribution is 2.26. The van der Waals surface area contributed by atoms with E-state index in [0.717, 1.165) is 25.6 Å². The molecule has 1 aromatic rings. The van der Waals surface area contributed by atoms with Crippen molar-refractivity contribution in [1.29, 1.82) is 0 Å². The maximum Gasteiger partial charge on any atom is 0.0299 e. The molecule has 0 amide bonds. The number of hydrogen-bond acceptors (Lipinski definition) is 3. The van der Waals surface area contributed by atoms with E-state index < -0.39 is 0 Å². The normalized spacial score (nSPS) is 17.5. The van der Waals surface area contributed by atoms with Crippen molar-refractivity contribution in [3.63, 3.8) is 0 Å². The zero-order chi connectivity index (χ0) is 15.1. The van der Waals surface area contributed by atoms with Gasteiger partial charge in [-0.05, 0) is 63.4 Å². The first-order valence-corrected chi connectivity index (χ1v) is 9.55.